The third kappa shape index (κ3) is 3.61. The van der Waals surface area contributed by atoms with Gasteiger partial charge in [-0.1, -0.05) is 0 Å². The number of nitrogens with two attached hydrogens (primary N) is 1. The summed E-state index contributed by atoms with van der Waals surface area (Å²) in [6.45, 7) is 2.31. The van der Waals surface area contributed by atoms with Crippen LogP contribution in [0.2, 0.25) is 0 Å². The fourth-order valence-electron chi connectivity index (χ4n) is 2.40. The molecular formula is C14H21N3O2. The number of nitrogen functional groups attached to an aromatic ring is 1. The molecule has 0 spiro atoms. The zero-order valence-electron chi connectivity index (χ0n) is 11.3. The summed E-state index contributed by atoms with van der Waals surface area (Å²) in [5.74, 6) is 0.912. The normalized spacial score (nSPS) is 19.3. The number of nitrogens with zero attached hydrogens (tertiary/aromatic N) is 1. The Hall–Kier alpha value is -1.75. The van der Waals surface area contributed by atoms with E-state index < -0.39 is 0 Å². The Morgan fingerprint density at radius 2 is 2.21 bits per heavy atom. The third-order valence-corrected chi connectivity index (χ3v) is 3.44. The molecule has 0 bridgehead atoms. The average Bonchev–Trinajstić information content (AvgIpc) is 2.88. The van der Waals surface area contributed by atoms with Gasteiger partial charge < -0.3 is 15.8 Å². The van der Waals surface area contributed by atoms with E-state index in [1.54, 1.807) is 7.05 Å². The summed E-state index contributed by atoms with van der Waals surface area (Å²) in [4.78, 5) is 13.9. The molecule has 0 aromatic heterocycles. The highest BCUT2D eigenvalue weighted by Gasteiger charge is 2.29. The molecule has 19 heavy (non-hydrogen) atoms. The minimum Gasteiger partial charge on any atom is -0.492 e. The van der Waals surface area contributed by atoms with Crippen LogP contribution >= 0.6 is 0 Å². The standard InChI is InChI=1S/C14H21N3O2/c1-16-14(18)13-3-2-8-17(13)9-10-19-12-6-4-11(15)5-7-12/h4-7,13H,2-3,8-10,15H2,1H3,(H,16,18). The molecule has 0 radical (unpaired) electrons. The van der Waals surface area contributed by atoms with E-state index in [1.165, 1.54) is 0 Å². The number of hydrogen-bond donors (Lipinski definition) is 2. The van der Waals surface area contributed by atoms with Gasteiger partial charge in [-0.2, -0.15) is 0 Å². The number of ether oxygens (including phenoxy) is 1. The molecule has 3 N–H and O–H groups in total. The smallest absolute Gasteiger partial charge is 0.237 e. The van der Waals surface area contributed by atoms with Crippen molar-refractivity contribution >= 4 is 11.6 Å². The Bertz CT molecular complexity index is 419. The first kappa shape index (κ1) is 13.7. The van der Waals surface area contributed by atoms with Gasteiger partial charge >= 0.3 is 0 Å². The van der Waals surface area contributed by atoms with Gasteiger partial charge in [0, 0.05) is 19.3 Å². The zero-order valence-corrected chi connectivity index (χ0v) is 11.3. The molecule has 1 aromatic carbocycles. The van der Waals surface area contributed by atoms with Crippen molar-refractivity contribution < 1.29 is 9.53 Å². The quantitative estimate of drug-likeness (QED) is 0.773. The Morgan fingerprint density at radius 1 is 1.47 bits per heavy atom. The number of rotatable bonds is 5. The number of hydrogen-bond acceptors (Lipinski definition) is 4. The molecule has 1 aliphatic heterocycles. The molecule has 1 aliphatic rings. The molecule has 5 heteroatoms. The highest BCUT2D eigenvalue weighted by molar-refractivity contribution is 5.81. The number of carbonyl (C=O) groups is 1. The molecule has 1 amide bonds. The molecule has 5 nitrogen and oxygen atoms in total. The van der Waals surface area contributed by atoms with Gasteiger partial charge in [-0.25, -0.2) is 0 Å². The maximum Gasteiger partial charge on any atom is 0.237 e. The first-order chi connectivity index (χ1) is 9.20. The Balaban J connectivity index is 1.78. The van der Waals surface area contributed by atoms with E-state index in [9.17, 15) is 4.79 Å². The second-order valence-electron chi connectivity index (χ2n) is 4.73. The van der Waals surface area contributed by atoms with Gasteiger partial charge in [-0.05, 0) is 43.7 Å². The van der Waals surface area contributed by atoms with Crippen molar-refractivity contribution in [1.29, 1.82) is 0 Å². The minimum atomic E-state index is 0.0000165. The van der Waals surface area contributed by atoms with E-state index in [2.05, 4.69) is 10.2 Å². The van der Waals surface area contributed by atoms with E-state index in [-0.39, 0.29) is 11.9 Å². The highest BCUT2D eigenvalue weighted by Crippen LogP contribution is 2.17. The third-order valence-electron chi connectivity index (χ3n) is 3.44. The van der Waals surface area contributed by atoms with Gasteiger partial charge in [0.05, 0.1) is 6.04 Å². The number of likely N-dealkylation sites (N-methyl/N-ethyl adjacent to an activating group) is 1. The van der Waals surface area contributed by atoms with Crippen LogP contribution in [0.5, 0.6) is 5.75 Å². The maximum absolute atomic E-state index is 11.7. The summed E-state index contributed by atoms with van der Waals surface area (Å²) in [6, 6.07) is 7.35. The van der Waals surface area contributed by atoms with Crippen molar-refractivity contribution in [3.05, 3.63) is 24.3 Å². The van der Waals surface area contributed by atoms with Crippen molar-refractivity contribution in [2.45, 2.75) is 18.9 Å². The molecule has 0 aliphatic carbocycles. The second kappa shape index (κ2) is 6.43. The number of nitrogens with one attached hydrogen (secondary N) is 1. The van der Waals surface area contributed by atoms with Gasteiger partial charge in [-0.3, -0.25) is 9.69 Å². The topological polar surface area (TPSA) is 67.6 Å². The molecule has 1 heterocycles. The summed E-state index contributed by atoms with van der Waals surface area (Å²) in [5.41, 5.74) is 6.34. The van der Waals surface area contributed by atoms with Crippen molar-refractivity contribution in [1.82, 2.24) is 10.2 Å². The van der Waals surface area contributed by atoms with Crippen LogP contribution in [-0.2, 0) is 4.79 Å². The van der Waals surface area contributed by atoms with Crippen LogP contribution in [0, 0.1) is 0 Å². The number of amides is 1. The average molecular weight is 263 g/mol. The molecule has 2 rings (SSSR count). The van der Waals surface area contributed by atoms with Gasteiger partial charge in [0.25, 0.3) is 0 Å². The first-order valence-electron chi connectivity index (χ1n) is 6.64. The lowest BCUT2D eigenvalue weighted by Gasteiger charge is -2.22. The van der Waals surface area contributed by atoms with Gasteiger partial charge in [0.15, 0.2) is 0 Å². The summed E-state index contributed by atoms with van der Waals surface area (Å²) in [7, 11) is 1.68. The highest BCUT2D eigenvalue weighted by atomic mass is 16.5. The SMILES string of the molecule is CNC(=O)C1CCCN1CCOc1ccc(N)cc1. The van der Waals surface area contributed by atoms with Crippen molar-refractivity contribution in [3.63, 3.8) is 0 Å². The zero-order chi connectivity index (χ0) is 13.7. The van der Waals surface area contributed by atoms with Crippen LogP contribution in [0.4, 0.5) is 5.69 Å². The van der Waals surface area contributed by atoms with Crippen LogP contribution in [0.3, 0.4) is 0 Å². The van der Waals surface area contributed by atoms with Crippen molar-refractivity contribution in [2.24, 2.45) is 0 Å². The summed E-state index contributed by atoms with van der Waals surface area (Å²) >= 11 is 0. The molecule has 1 aromatic rings. The minimum absolute atomic E-state index is 0.0000165. The van der Waals surface area contributed by atoms with Gasteiger partial charge in [0.2, 0.25) is 5.91 Å². The Morgan fingerprint density at radius 3 is 2.89 bits per heavy atom. The van der Waals surface area contributed by atoms with Gasteiger partial charge in [-0.15, -0.1) is 0 Å². The predicted octanol–water partition coefficient (Wildman–Crippen LogP) is 0.858. The number of carbonyl (C=O) groups excluding carboxylic acids is 1. The fourth-order valence-corrected chi connectivity index (χ4v) is 2.40. The summed E-state index contributed by atoms with van der Waals surface area (Å²) in [6.07, 6.45) is 2.00. The molecule has 1 atom stereocenters. The lowest BCUT2D eigenvalue weighted by atomic mass is 10.2. The lowest BCUT2D eigenvalue weighted by molar-refractivity contribution is -0.125. The molecule has 1 unspecified atom stereocenters. The van der Waals surface area contributed by atoms with Crippen LogP contribution < -0.4 is 15.8 Å². The summed E-state index contributed by atoms with van der Waals surface area (Å²) in [5, 5.41) is 2.72. The van der Waals surface area contributed by atoms with Crippen molar-refractivity contribution in [3.8, 4) is 5.75 Å². The molecule has 1 fully saturated rings. The second-order valence-corrected chi connectivity index (χ2v) is 4.73. The molecular weight excluding hydrogens is 242 g/mol. The Labute approximate surface area is 113 Å². The fraction of sp³-hybridized carbons (Fsp3) is 0.500. The molecule has 104 valence electrons. The van der Waals surface area contributed by atoms with Crippen LogP contribution in [0.1, 0.15) is 12.8 Å². The van der Waals surface area contributed by atoms with Crippen LogP contribution in [-0.4, -0.2) is 43.6 Å². The van der Waals surface area contributed by atoms with Crippen LogP contribution in [0.25, 0.3) is 0 Å². The van der Waals surface area contributed by atoms with E-state index in [4.69, 9.17) is 10.5 Å². The summed E-state index contributed by atoms with van der Waals surface area (Å²) < 4.78 is 5.66. The Kier molecular flexibility index (Phi) is 4.63. The van der Waals surface area contributed by atoms with Crippen LogP contribution in [0.15, 0.2) is 24.3 Å². The van der Waals surface area contributed by atoms with E-state index in [0.29, 0.717) is 6.61 Å². The number of likely N-dealkylation sites (tertiary alicyclic amines) is 1. The maximum atomic E-state index is 11.7. The van der Waals surface area contributed by atoms with Crippen molar-refractivity contribution in [2.75, 3.05) is 32.5 Å². The lowest BCUT2D eigenvalue weighted by Crippen LogP contribution is -2.43. The van der Waals surface area contributed by atoms with E-state index in [0.717, 1.165) is 37.4 Å². The predicted molar refractivity (Wildman–Crippen MR) is 75.0 cm³/mol. The first-order valence-corrected chi connectivity index (χ1v) is 6.64. The van der Waals surface area contributed by atoms with Gasteiger partial charge in [0.1, 0.15) is 12.4 Å². The number of benzene rings is 1. The van der Waals surface area contributed by atoms with E-state index in [1.807, 2.05) is 24.3 Å². The molecule has 1 saturated heterocycles. The largest absolute Gasteiger partial charge is 0.492 e. The number of anilines is 1. The monoisotopic (exact) mass is 263 g/mol. The molecule has 0 saturated carbocycles. The van der Waals surface area contributed by atoms with E-state index >= 15 is 0 Å².